The number of anilines is 1. The van der Waals surface area contributed by atoms with Crippen molar-refractivity contribution in [2.24, 2.45) is 0 Å². The third-order valence-corrected chi connectivity index (χ3v) is 4.32. The quantitative estimate of drug-likeness (QED) is 0.512. The largest absolute Gasteiger partial charge is 0.486 e. The molecule has 160 valence electrons. The van der Waals surface area contributed by atoms with Gasteiger partial charge in [0.1, 0.15) is 13.2 Å². The molecule has 1 atom stereocenters. The molecule has 1 heterocycles. The van der Waals surface area contributed by atoms with E-state index in [2.05, 4.69) is 16.0 Å². The van der Waals surface area contributed by atoms with Gasteiger partial charge in [-0.3, -0.25) is 19.8 Å². The molecule has 4 amide bonds. The molecule has 0 saturated heterocycles. The van der Waals surface area contributed by atoms with E-state index in [0.29, 0.717) is 50.0 Å². The molecule has 0 saturated carbocycles. The van der Waals surface area contributed by atoms with Gasteiger partial charge in [0, 0.05) is 32.0 Å². The summed E-state index contributed by atoms with van der Waals surface area (Å²) in [6, 6.07) is 3.62. The number of amides is 4. The lowest BCUT2D eigenvalue weighted by atomic mass is 10.2. The van der Waals surface area contributed by atoms with Crippen LogP contribution >= 0.6 is 0 Å². The van der Waals surface area contributed by atoms with Crippen molar-refractivity contribution in [2.45, 2.75) is 19.4 Å². The minimum atomic E-state index is -0.675. The molecule has 0 aromatic heterocycles. The Morgan fingerprint density at radius 1 is 1.21 bits per heavy atom. The third-order valence-electron chi connectivity index (χ3n) is 4.32. The Balaban J connectivity index is 1.77. The number of ether oxygens (including phenoxy) is 3. The maximum atomic E-state index is 12.3. The summed E-state index contributed by atoms with van der Waals surface area (Å²) < 4.78 is 15.8. The summed E-state index contributed by atoms with van der Waals surface area (Å²) in [5, 5.41) is 7.60. The van der Waals surface area contributed by atoms with Crippen molar-refractivity contribution in [1.29, 1.82) is 0 Å². The molecule has 10 heteroatoms. The minimum Gasteiger partial charge on any atom is -0.486 e. The molecule has 0 spiro atoms. The average molecular weight is 408 g/mol. The van der Waals surface area contributed by atoms with E-state index in [4.69, 9.17) is 14.2 Å². The summed E-state index contributed by atoms with van der Waals surface area (Å²) in [5.41, 5.74) is 0.469. The van der Waals surface area contributed by atoms with Crippen LogP contribution in [0.1, 0.15) is 13.3 Å². The summed E-state index contributed by atoms with van der Waals surface area (Å²) >= 11 is 0. The van der Waals surface area contributed by atoms with E-state index < -0.39 is 18.0 Å². The van der Waals surface area contributed by atoms with Gasteiger partial charge in [-0.05, 0) is 32.5 Å². The van der Waals surface area contributed by atoms with Crippen LogP contribution in [0.4, 0.5) is 10.5 Å². The first-order chi connectivity index (χ1) is 13.9. The zero-order valence-electron chi connectivity index (χ0n) is 16.9. The Bertz CT molecular complexity index is 727. The smallest absolute Gasteiger partial charge is 0.325 e. The number of fused-ring (bicyclic) bond motifs is 1. The number of rotatable bonds is 9. The highest BCUT2D eigenvalue weighted by Gasteiger charge is 2.22. The lowest BCUT2D eigenvalue weighted by molar-refractivity contribution is -0.126. The van der Waals surface area contributed by atoms with Crippen LogP contribution in [0.25, 0.3) is 0 Å². The second-order valence-corrected chi connectivity index (χ2v) is 6.59. The first-order valence-corrected chi connectivity index (χ1v) is 9.38. The Morgan fingerprint density at radius 2 is 1.93 bits per heavy atom. The second-order valence-electron chi connectivity index (χ2n) is 6.59. The number of hydrogen-bond donors (Lipinski definition) is 3. The van der Waals surface area contributed by atoms with Crippen molar-refractivity contribution >= 4 is 23.5 Å². The van der Waals surface area contributed by atoms with E-state index in [-0.39, 0.29) is 12.5 Å². The summed E-state index contributed by atoms with van der Waals surface area (Å²) in [6.07, 6.45) is 0.710. The van der Waals surface area contributed by atoms with Crippen molar-refractivity contribution in [3.05, 3.63) is 18.2 Å². The number of benzene rings is 1. The van der Waals surface area contributed by atoms with Crippen LogP contribution in [0.2, 0.25) is 0 Å². The molecule has 1 aromatic carbocycles. The molecule has 1 aromatic rings. The highest BCUT2D eigenvalue weighted by Crippen LogP contribution is 2.32. The van der Waals surface area contributed by atoms with Crippen LogP contribution in [0.15, 0.2) is 18.2 Å². The molecule has 1 aliphatic rings. The van der Waals surface area contributed by atoms with E-state index >= 15 is 0 Å². The molecule has 0 radical (unpaired) electrons. The Labute approximate surface area is 169 Å². The van der Waals surface area contributed by atoms with Crippen molar-refractivity contribution in [3.8, 4) is 11.5 Å². The Kier molecular flexibility index (Phi) is 8.68. The van der Waals surface area contributed by atoms with E-state index in [1.807, 2.05) is 0 Å². The standard InChI is InChI=1S/C19H28N4O6/c1-13(23(2)12-17(24)20-7-4-8-27-3)18(25)22-19(26)21-14-5-6-15-16(11-14)29-10-9-28-15/h5-6,11,13H,4,7-10,12H2,1-3H3,(H,20,24)(H2,21,22,25,26). The van der Waals surface area contributed by atoms with Crippen LogP contribution in [0, 0.1) is 0 Å². The van der Waals surface area contributed by atoms with Crippen molar-refractivity contribution in [3.63, 3.8) is 0 Å². The van der Waals surface area contributed by atoms with Crippen LogP contribution in [-0.2, 0) is 14.3 Å². The summed E-state index contributed by atoms with van der Waals surface area (Å²) in [7, 11) is 3.23. The van der Waals surface area contributed by atoms with Crippen molar-refractivity contribution < 1.29 is 28.6 Å². The van der Waals surface area contributed by atoms with Gasteiger partial charge in [0.15, 0.2) is 11.5 Å². The zero-order chi connectivity index (χ0) is 21.2. The van der Waals surface area contributed by atoms with Gasteiger partial charge in [0.05, 0.1) is 12.6 Å². The maximum Gasteiger partial charge on any atom is 0.325 e. The minimum absolute atomic E-state index is 0.0331. The number of hydrogen-bond acceptors (Lipinski definition) is 7. The molecule has 0 bridgehead atoms. The number of nitrogens with zero attached hydrogens (tertiary/aromatic N) is 1. The average Bonchev–Trinajstić information content (AvgIpc) is 2.70. The van der Waals surface area contributed by atoms with E-state index in [0.717, 1.165) is 0 Å². The lowest BCUT2D eigenvalue weighted by Crippen LogP contribution is -2.49. The summed E-state index contributed by atoms with van der Waals surface area (Å²) in [4.78, 5) is 37.9. The number of urea groups is 1. The molecular formula is C19H28N4O6. The molecule has 2 rings (SSSR count). The van der Waals surface area contributed by atoms with Gasteiger partial charge in [0.25, 0.3) is 0 Å². The predicted molar refractivity (Wildman–Crippen MR) is 106 cm³/mol. The van der Waals surface area contributed by atoms with Gasteiger partial charge in [-0.25, -0.2) is 4.79 Å². The molecule has 1 aliphatic heterocycles. The molecule has 3 N–H and O–H groups in total. The fraction of sp³-hybridized carbons (Fsp3) is 0.526. The van der Waals surface area contributed by atoms with E-state index in [1.165, 1.54) is 0 Å². The van der Waals surface area contributed by atoms with Crippen LogP contribution < -0.4 is 25.4 Å². The van der Waals surface area contributed by atoms with Gasteiger partial charge in [-0.2, -0.15) is 0 Å². The molecular weight excluding hydrogens is 380 g/mol. The monoisotopic (exact) mass is 408 g/mol. The highest BCUT2D eigenvalue weighted by atomic mass is 16.6. The molecule has 29 heavy (non-hydrogen) atoms. The van der Waals surface area contributed by atoms with Crippen LogP contribution in [-0.4, -0.2) is 75.9 Å². The molecule has 10 nitrogen and oxygen atoms in total. The van der Waals surface area contributed by atoms with Crippen molar-refractivity contribution in [2.75, 3.05) is 52.4 Å². The number of imide groups is 1. The van der Waals surface area contributed by atoms with Crippen LogP contribution in [0.5, 0.6) is 11.5 Å². The topological polar surface area (TPSA) is 118 Å². The number of likely N-dealkylation sites (N-methyl/N-ethyl adjacent to an activating group) is 1. The fourth-order valence-corrected chi connectivity index (χ4v) is 2.56. The SMILES string of the molecule is COCCCNC(=O)CN(C)C(C)C(=O)NC(=O)Nc1ccc2c(c1)OCCO2. The normalized spacial score (nSPS) is 13.5. The summed E-state index contributed by atoms with van der Waals surface area (Å²) in [6.45, 7) is 3.62. The third kappa shape index (κ3) is 7.24. The number of carbonyl (C=O) groups is 3. The zero-order valence-corrected chi connectivity index (χ0v) is 16.9. The number of carbonyl (C=O) groups excluding carboxylic acids is 3. The van der Waals surface area contributed by atoms with Gasteiger partial charge in [-0.1, -0.05) is 0 Å². The predicted octanol–water partition coefficient (Wildman–Crippen LogP) is 0.579. The highest BCUT2D eigenvalue weighted by molar-refractivity contribution is 6.03. The fourth-order valence-electron chi connectivity index (χ4n) is 2.56. The number of nitrogens with one attached hydrogen (secondary N) is 3. The van der Waals surface area contributed by atoms with E-state index in [9.17, 15) is 14.4 Å². The molecule has 0 aliphatic carbocycles. The van der Waals surface area contributed by atoms with Gasteiger partial charge >= 0.3 is 6.03 Å². The Morgan fingerprint density at radius 3 is 2.66 bits per heavy atom. The number of methoxy groups -OCH3 is 1. The van der Waals surface area contributed by atoms with E-state index in [1.54, 1.807) is 44.2 Å². The first kappa shape index (κ1) is 22.4. The van der Waals surface area contributed by atoms with Crippen molar-refractivity contribution in [1.82, 2.24) is 15.5 Å². The van der Waals surface area contributed by atoms with Gasteiger partial charge in [-0.15, -0.1) is 0 Å². The maximum absolute atomic E-state index is 12.3. The van der Waals surface area contributed by atoms with Gasteiger partial charge in [0.2, 0.25) is 11.8 Å². The second kappa shape index (κ2) is 11.2. The molecule has 0 fully saturated rings. The van der Waals surface area contributed by atoms with Crippen LogP contribution in [0.3, 0.4) is 0 Å². The summed E-state index contributed by atoms with van der Waals surface area (Å²) in [5.74, 6) is 0.415. The molecule has 1 unspecified atom stereocenters. The lowest BCUT2D eigenvalue weighted by Gasteiger charge is -2.23. The first-order valence-electron chi connectivity index (χ1n) is 9.38. The van der Waals surface area contributed by atoms with Gasteiger partial charge < -0.3 is 24.8 Å². The Hall–Kier alpha value is -2.85.